The van der Waals surface area contributed by atoms with Crippen molar-refractivity contribution in [3.63, 3.8) is 0 Å². The standard InChI is InChI=1S/C27H28F3N3O5/c1-35-24(34)26(11-14-37-15-12-26)20-5-3-4-19(16-20)22-17-23(33-25(32-22)36-2)31-13-10-18-6-8-21(9-7-18)38-27(28,29)30/h3-9,16-17H,10-15H2,1-2H3,(H,31,32,33). The molecule has 0 bridgehead atoms. The van der Waals surface area contributed by atoms with Crippen molar-refractivity contribution in [1.82, 2.24) is 9.97 Å². The molecule has 4 rings (SSSR count). The third-order valence-electron chi connectivity index (χ3n) is 6.40. The van der Waals surface area contributed by atoms with E-state index in [1.807, 2.05) is 24.3 Å². The molecular weight excluding hydrogens is 503 g/mol. The molecule has 0 spiro atoms. The second kappa shape index (κ2) is 11.7. The largest absolute Gasteiger partial charge is 0.573 e. The summed E-state index contributed by atoms with van der Waals surface area (Å²) in [5, 5.41) is 3.21. The Labute approximate surface area is 218 Å². The molecule has 2 aromatic carbocycles. The first-order chi connectivity index (χ1) is 18.2. The fourth-order valence-corrected chi connectivity index (χ4v) is 4.45. The van der Waals surface area contributed by atoms with Crippen LogP contribution >= 0.6 is 0 Å². The zero-order valence-corrected chi connectivity index (χ0v) is 21.0. The molecule has 1 saturated heterocycles. The molecule has 0 saturated carbocycles. The van der Waals surface area contributed by atoms with Gasteiger partial charge in [0.05, 0.1) is 25.3 Å². The van der Waals surface area contributed by atoms with E-state index in [1.165, 1.54) is 26.4 Å². The maximum atomic E-state index is 12.8. The summed E-state index contributed by atoms with van der Waals surface area (Å²) in [6, 6.07) is 15.3. The van der Waals surface area contributed by atoms with Gasteiger partial charge in [-0.25, -0.2) is 0 Å². The maximum Gasteiger partial charge on any atom is 0.573 e. The van der Waals surface area contributed by atoms with Crippen molar-refractivity contribution >= 4 is 11.8 Å². The summed E-state index contributed by atoms with van der Waals surface area (Å²) in [4.78, 5) is 21.6. The number of ether oxygens (including phenoxy) is 4. The van der Waals surface area contributed by atoms with Gasteiger partial charge in [0, 0.05) is 31.4 Å². The highest BCUT2D eigenvalue weighted by atomic mass is 19.4. The Hall–Kier alpha value is -3.86. The molecule has 1 aliphatic rings. The third-order valence-corrected chi connectivity index (χ3v) is 6.40. The predicted molar refractivity (Wildman–Crippen MR) is 133 cm³/mol. The van der Waals surface area contributed by atoms with Crippen LogP contribution in [-0.4, -0.2) is 56.3 Å². The zero-order valence-electron chi connectivity index (χ0n) is 21.0. The van der Waals surface area contributed by atoms with E-state index in [0.29, 0.717) is 50.5 Å². The van der Waals surface area contributed by atoms with Gasteiger partial charge < -0.3 is 24.3 Å². The zero-order chi connectivity index (χ0) is 27.2. The summed E-state index contributed by atoms with van der Waals surface area (Å²) >= 11 is 0. The molecule has 3 aromatic rings. The SMILES string of the molecule is COC(=O)C1(c2cccc(-c3cc(NCCc4ccc(OC(F)(F)F)cc4)nc(OC)n3)c2)CCOCC1. The molecule has 1 N–H and O–H groups in total. The van der Waals surface area contributed by atoms with Crippen molar-refractivity contribution in [2.24, 2.45) is 0 Å². The lowest BCUT2D eigenvalue weighted by molar-refractivity contribution is -0.274. The van der Waals surface area contributed by atoms with Gasteiger partial charge in [0.15, 0.2) is 0 Å². The molecular formula is C27H28F3N3O5. The molecule has 0 atom stereocenters. The van der Waals surface area contributed by atoms with Crippen LogP contribution in [0, 0.1) is 0 Å². The van der Waals surface area contributed by atoms with E-state index in [4.69, 9.17) is 14.2 Å². The van der Waals surface area contributed by atoms with Crippen LogP contribution < -0.4 is 14.8 Å². The maximum absolute atomic E-state index is 12.8. The summed E-state index contributed by atoms with van der Waals surface area (Å²) in [6.07, 6.45) is -3.15. The first-order valence-corrected chi connectivity index (χ1v) is 12.0. The number of carbonyl (C=O) groups is 1. The normalized spacial score (nSPS) is 15.0. The lowest BCUT2D eigenvalue weighted by Gasteiger charge is -2.35. The van der Waals surface area contributed by atoms with Crippen molar-refractivity contribution < 1.29 is 36.9 Å². The summed E-state index contributed by atoms with van der Waals surface area (Å²) in [7, 11) is 2.86. The molecule has 8 nitrogen and oxygen atoms in total. The number of aromatic nitrogens is 2. The predicted octanol–water partition coefficient (Wildman–Crippen LogP) is 4.93. The van der Waals surface area contributed by atoms with Crippen LogP contribution in [0.1, 0.15) is 24.0 Å². The molecule has 2 heterocycles. The molecule has 202 valence electrons. The fraction of sp³-hybridized carbons (Fsp3) is 0.370. The minimum absolute atomic E-state index is 0.165. The molecule has 1 aromatic heterocycles. The fourth-order valence-electron chi connectivity index (χ4n) is 4.45. The van der Waals surface area contributed by atoms with Gasteiger partial charge in [0.25, 0.3) is 0 Å². The van der Waals surface area contributed by atoms with Gasteiger partial charge in [-0.15, -0.1) is 13.2 Å². The quantitative estimate of drug-likeness (QED) is 0.389. The molecule has 11 heteroatoms. The number of hydrogen-bond donors (Lipinski definition) is 1. The number of esters is 1. The Kier molecular flexibility index (Phi) is 8.35. The second-order valence-corrected chi connectivity index (χ2v) is 8.76. The van der Waals surface area contributed by atoms with Gasteiger partial charge in [-0.2, -0.15) is 9.97 Å². The van der Waals surface area contributed by atoms with Crippen LogP contribution in [-0.2, 0) is 26.1 Å². The number of benzene rings is 2. The molecule has 1 aliphatic heterocycles. The van der Waals surface area contributed by atoms with Crippen LogP contribution in [0.3, 0.4) is 0 Å². The number of nitrogens with one attached hydrogen (secondary N) is 1. The number of anilines is 1. The number of carbonyl (C=O) groups excluding carboxylic acids is 1. The number of nitrogens with zero attached hydrogens (tertiary/aromatic N) is 2. The van der Waals surface area contributed by atoms with Gasteiger partial charge in [-0.05, 0) is 48.6 Å². The van der Waals surface area contributed by atoms with Crippen molar-refractivity contribution in [1.29, 1.82) is 0 Å². The van der Waals surface area contributed by atoms with Crippen LogP contribution in [0.15, 0.2) is 54.6 Å². The average molecular weight is 532 g/mol. The van der Waals surface area contributed by atoms with Crippen LogP contribution in [0.4, 0.5) is 19.0 Å². The van der Waals surface area contributed by atoms with E-state index < -0.39 is 11.8 Å². The number of halogens is 3. The van der Waals surface area contributed by atoms with E-state index in [2.05, 4.69) is 20.0 Å². The minimum atomic E-state index is -4.73. The van der Waals surface area contributed by atoms with Gasteiger partial charge in [0.2, 0.25) is 0 Å². The Balaban J connectivity index is 1.51. The Morgan fingerprint density at radius 3 is 2.45 bits per heavy atom. The van der Waals surface area contributed by atoms with Gasteiger partial charge in [-0.1, -0.05) is 30.3 Å². The van der Waals surface area contributed by atoms with E-state index >= 15 is 0 Å². The first-order valence-electron chi connectivity index (χ1n) is 12.0. The first kappa shape index (κ1) is 27.2. The second-order valence-electron chi connectivity index (χ2n) is 8.76. The van der Waals surface area contributed by atoms with E-state index in [1.54, 1.807) is 18.2 Å². The summed E-state index contributed by atoms with van der Waals surface area (Å²) in [6.45, 7) is 1.39. The topological polar surface area (TPSA) is 91.8 Å². The van der Waals surface area contributed by atoms with Crippen molar-refractivity contribution in [2.75, 3.05) is 39.3 Å². The Morgan fingerprint density at radius 1 is 1.05 bits per heavy atom. The Morgan fingerprint density at radius 2 is 1.79 bits per heavy atom. The van der Waals surface area contributed by atoms with Crippen molar-refractivity contribution in [3.8, 4) is 23.0 Å². The smallest absolute Gasteiger partial charge is 0.468 e. The molecule has 1 fully saturated rings. The molecule has 0 amide bonds. The van der Waals surface area contributed by atoms with Gasteiger partial charge in [-0.3, -0.25) is 4.79 Å². The average Bonchev–Trinajstić information content (AvgIpc) is 2.93. The highest BCUT2D eigenvalue weighted by molar-refractivity contribution is 5.84. The van der Waals surface area contributed by atoms with Crippen molar-refractivity contribution in [2.45, 2.75) is 31.0 Å². The Bertz CT molecular complexity index is 1250. The van der Waals surface area contributed by atoms with Crippen LogP contribution in [0.2, 0.25) is 0 Å². The summed E-state index contributed by atoms with van der Waals surface area (Å²) in [5.74, 6) is -0.0436. The lowest BCUT2D eigenvalue weighted by atomic mass is 9.73. The number of methoxy groups -OCH3 is 2. The van der Waals surface area contributed by atoms with Crippen LogP contribution in [0.25, 0.3) is 11.3 Å². The molecule has 38 heavy (non-hydrogen) atoms. The van der Waals surface area contributed by atoms with Gasteiger partial charge in [0.1, 0.15) is 11.6 Å². The van der Waals surface area contributed by atoms with Gasteiger partial charge >= 0.3 is 18.3 Å². The number of alkyl halides is 3. The van der Waals surface area contributed by atoms with E-state index in [-0.39, 0.29) is 17.7 Å². The highest BCUT2D eigenvalue weighted by Gasteiger charge is 2.43. The van der Waals surface area contributed by atoms with E-state index in [0.717, 1.165) is 16.7 Å². The molecule has 0 unspecified atom stereocenters. The monoisotopic (exact) mass is 531 g/mol. The third kappa shape index (κ3) is 6.52. The lowest BCUT2D eigenvalue weighted by Crippen LogP contribution is -2.42. The van der Waals surface area contributed by atoms with Crippen molar-refractivity contribution in [3.05, 3.63) is 65.7 Å². The highest BCUT2D eigenvalue weighted by Crippen LogP contribution is 2.38. The van der Waals surface area contributed by atoms with E-state index in [9.17, 15) is 18.0 Å². The number of rotatable bonds is 9. The summed E-state index contributed by atoms with van der Waals surface area (Å²) < 4.78 is 56.9. The minimum Gasteiger partial charge on any atom is -0.468 e. The van der Waals surface area contributed by atoms with Crippen LogP contribution in [0.5, 0.6) is 11.8 Å². The molecule has 0 aliphatic carbocycles. The molecule has 0 radical (unpaired) electrons. The number of hydrogen-bond acceptors (Lipinski definition) is 8. The summed E-state index contributed by atoms with van der Waals surface area (Å²) in [5.41, 5.74) is 2.24.